The highest BCUT2D eigenvalue weighted by Crippen LogP contribution is 2.18. The van der Waals surface area contributed by atoms with Crippen LogP contribution in [0.25, 0.3) is 18.2 Å². The number of hydrogen-bond donors (Lipinski definition) is 0. The normalized spacial score (nSPS) is 13.2. The third-order valence-corrected chi connectivity index (χ3v) is 5.24. The number of benzene rings is 2. The summed E-state index contributed by atoms with van der Waals surface area (Å²) in [5.74, 6) is 0. The van der Waals surface area contributed by atoms with Crippen LogP contribution in [0, 0.1) is 13.8 Å². The fourth-order valence-corrected chi connectivity index (χ4v) is 3.32. The van der Waals surface area contributed by atoms with Gasteiger partial charge in [-0.25, -0.2) is 0 Å². The lowest BCUT2D eigenvalue weighted by Gasteiger charge is -2.22. The van der Waals surface area contributed by atoms with E-state index in [0.29, 0.717) is 0 Å². The Bertz CT molecular complexity index is 1060. The summed E-state index contributed by atoms with van der Waals surface area (Å²) < 4.78 is 0. The third-order valence-electron chi connectivity index (χ3n) is 5.24. The Morgan fingerprint density at radius 3 is 2.45 bits per heavy atom. The summed E-state index contributed by atoms with van der Waals surface area (Å²) >= 11 is 0. The lowest BCUT2D eigenvalue weighted by Crippen LogP contribution is -2.26. The molecule has 150 valence electrons. The van der Waals surface area contributed by atoms with E-state index in [1.807, 2.05) is 25.2 Å². The van der Waals surface area contributed by atoms with Crippen molar-refractivity contribution in [2.24, 2.45) is 0 Å². The van der Waals surface area contributed by atoms with Gasteiger partial charge in [-0.15, -0.1) is 0 Å². The summed E-state index contributed by atoms with van der Waals surface area (Å²) in [7, 11) is 2.13. The molecule has 0 saturated carbocycles. The Balaban J connectivity index is 2.38. The van der Waals surface area contributed by atoms with Crippen LogP contribution in [0.4, 0.5) is 0 Å². The molecule has 0 aliphatic carbocycles. The molecule has 0 unspecified atom stereocenters. The molecule has 0 radical (unpaired) electrons. The van der Waals surface area contributed by atoms with E-state index in [2.05, 4.69) is 101 Å². The van der Waals surface area contributed by atoms with Gasteiger partial charge in [-0.2, -0.15) is 0 Å². The number of likely N-dealkylation sites (N-methyl/N-ethyl adjacent to an activating group) is 1. The first-order valence-corrected chi connectivity index (χ1v) is 10.1. The van der Waals surface area contributed by atoms with Gasteiger partial charge in [0.2, 0.25) is 0 Å². The second kappa shape index (κ2) is 10.5. The second-order valence-corrected chi connectivity index (χ2v) is 7.36. The van der Waals surface area contributed by atoms with Crippen molar-refractivity contribution in [3.8, 4) is 0 Å². The highest BCUT2D eigenvalue weighted by atomic mass is 15.1. The van der Waals surface area contributed by atoms with Crippen molar-refractivity contribution in [3.63, 3.8) is 0 Å². The Morgan fingerprint density at radius 2 is 1.83 bits per heavy atom. The van der Waals surface area contributed by atoms with Crippen LogP contribution in [0.1, 0.15) is 36.1 Å². The molecule has 0 fully saturated rings. The van der Waals surface area contributed by atoms with Crippen LogP contribution >= 0.6 is 0 Å². The molecule has 0 saturated heterocycles. The Labute approximate surface area is 176 Å². The van der Waals surface area contributed by atoms with Crippen LogP contribution in [0.5, 0.6) is 0 Å². The van der Waals surface area contributed by atoms with E-state index in [9.17, 15) is 0 Å². The van der Waals surface area contributed by atoms with Crippen LogP contribution in [0.15, 0.2) is 79.1 Å². The Morgan fingerprint density at radius 1 is 1.07 bits per heavy atom. The second-order valence-electron chi connectivity index (χ2n) is 7.36. The SMILES string of the molecule is C=C/C(=C\C(=C/C)N(C)Cc1ccc(C)c(C)c1)c1ccc/c(=C/C=C\C)c1=C. The summed E-state index contributed by atoms with van der Waals surface area (Å²) in [5.41, 5.74) is 7.30. The first-order valence-electron chi connectivity index (χ1n) is 10.1. The summed E-state index contributed by atoms with van der Waals surface area (Å²) in [6, 6.07) is 12.9. The fraction of sp³-hybridized carbons (Fsp3) is 0.214. The predicted molar refractivity (Wildman–Crippen MR) is 130 cm³/mol. The lowest BCUT2D eigenvalue weighted by molar-refractivity contribution is 0.424. The van der Waals surface area contributed by atoms with E-state index in [1.165, 1.54) is 16.7 Å². The molecule has 2 rings (SSSR count). The molecule has 0 bridgehead atoms. The van der Waals surface area contributed by atoms with Gasteiger partial charge in [-0.05, 0) is 72.0 Å². The number of nitrogens with zero attached hydrogens (tertiary/aromatic N) is 1. The molecule has 0 spiro atoms. The molecule has 2 aromatic carbocycles. The molecule has 0 N–H and O–H groups in total. The topological polar surface area (TPSA) is 3.24 Å². The van der Waals surface area contributed by atoms with Gasteiger partial charge in [0, 0.05) is 19.3 Å². The molecule has 1 nitrogen and oxygen atoms in total. The van der Waals surface area contributed by atoms with E-state index < -0.39 is 0 Å². The van der Waals surface area contributed by atoms with Gasteiger partial charge in [0.15, 0.2) is 0 Å². The molecule has 0 amide bonds. The molecule has 0 aliphatic heterocycles. The van der Waals surface area contributed by atoms with Crippen LogP contribution in [-0.4, -0.2) is 11.9 Å². The quantitative estimate of drug-likeness (QED) is 0.556. The van der Waals surface area contributed by atoms with Gasteiger partial charge in [-0.3, -0.25) is 0 Å². The predicted octanol–water partition coefficient (Wildman–Crippen LogP) is 5.68. The maximum atomic E-state index is 4.32. The molecule has 0 aliphatic rings. The first kappa shape index (κ1) is 22.2. The fourth-order valence-electron chi connectivity index (χ4n) is 3.32. The maximum absolute atomic E-state index is 4.32. The van der Waals surface area contributed by atoms with Crippen molar-refractivity contribution >= 4 is 18.2 Å². The van der Waals surface area contributed by atoms with Crippen LogP contribution in [0.3, 0.4) is 0 Å². The van der Waals surface area contributed by atoms with E-state index >= 15 is 0 Å². The minimum absolute atomic E-state index is 0.855. The van der Waals surface area contributed by atoms with E-state index in [4.69, 9.17) is 0 Å². The Kier molecular flexibility index (Phi) is 8.03. The molecule has 0 aromatic heterocycles. The molecule has 29 heavy (non-hydrogen) atoms. The molecular weight excluding hydrogens is 350 g/mol. The van der Waals surface area contributed by atoms with Crippen LogP contribution in [-0.2, 0) is 6.54 Å². The highest BCUT2D eigenvalue weighted by molar-refractivity contribution is 5.76. The average Bonchev–Trinajstić information content (AvgIpc) is 2.71. The van der Waals surface area contributed by atoms with Crippen LogP contribution in [0.2, 0.25) is 0 Å². The molecule has 0 heterocycles. The van der Waals surface area contributed by atoms with Crippen molar-refractivity contribution in [2.45, 2.75) is 34.2 Å². The smallest absolute Gasteiger partial charge is 0.0426 e. The third kappa shape index (κ3) is 5.71. The number of allylic oxidation sites excluding steroid dienone is 6. The molecule has 1 heteroatoms. The number of rotatable bonds is 7. The average molecular weight is 384 g/mol. The first-order chi connectivity index (χ1) is 13.9. The standard InChI is InChI=1S/C28H33N/c1-8-11-13-26-14-12-15-28(23(26)6)25(9-2)19-27(10-3)29(7)20-24-17-16-21(4)22(5)18-24/h8-19H,2,6,20H2,1,3-5,7H3/b11-8-,25-19+,26-13-,27-10+. The summed E-state index contributed by atoms with van der Waals surface area (Å²) in [6.07, 6.45) is 12.4. The minimum atomic E-state index is 0.855. The van der Waals surface area contributed by atoms with Crippen molar-refractivity contribution in [2.75, 3.05) is 7.05 Å². The Hall–Kier alpha value is -3.06. The highest BCUT2D eigenvalue weighted by Gasteiger charge is 2.07. The zero-order valence-electron chi connectivity index (χ0n) is 18.5. The van der Waals surface area contributed by atoms with E-state index in [1.54, 1.807) is 0 Å². The van der Waals surface area contributed by atoms with Crippen molar-refractivity contribution in [1.82, 2.24) is 4.90 Å². The van der Waals surface area contributed by atoms with E-state index in [0.717, 1.165) is 33.8 Å². The van der Waals surface area contributed by atoms with Gasteiger partial charge in [-0.1, -0.05) is 79.9 Å². The monoisotopic (exact) mass is 383 g/mol. The lowest BCUT2D eigenvalue weighted by atomic mass is 10.0. The van der Waals surface area contributed by atoms with Gasteiger partial charge in [0.1, 0.15) is 0 Å². The zero-order valence-corrected chi connectivity index (χ0v) is 18.5. The number of aryl methyl sites for hydroxylation is 2. The zero-order chi connectivity index (χ0) is 21.4. The summed E-state index contributed by atoms with van der Waals surface area (Å²) in [6.45, 7) is 17.6. The van der Waals surface area contributed by atoms with Crippen LogP contribution < -0.4 is 10.4 Å². The summed E-state index contributed by atoms with van der Waals surface area (Å²) in [5, 5.41) is 2.14. The van der Waals surface area contributed by atoms with Crippen molar-refractivity contribution in [3.05, 3.63) is 112 Å². The molecule has 2 aromatic rings. The molecule has 0 atom stereocenters. The van der Waals surface area contributed by atoms with E-state index in [-0.39, 0.29) is 0 Å². The van der Waals surface area contributed by atoms with Gasteiger partial charge in [0.05, 0.1) is 0 Å². The molecular formula is C28H33N. The summed E-state index contributed by atoms with van der Waals surface area (Å²) in [4.78, 5) is 2.27. The van der Waals surface area contributed by atoms with Gasteiger partial charge >= 0.3 is 0 Å². The van der Waals surface area contributed by atoms with Gasteiger partial charge in [0.25, 0.3) is 0 Å². The van der Waals surface area contributed by atoms with Crippen molar-refractivity contribution < 1.29 is 0 Å². The maximum Gasteiger partial charge on any atom is 0.0426 e. The minimum Gasteiger partial charge on any atom is -0.371 e. The largest absolute Gasteiger partial charge is 0.371 e. The number of hydrogen-bond acceptors (Lipinski definition) is 1. The van der Waals surface area contributed by atoms with Gasteiger partial charge < -0.3 is 4.90 Å². The van der Waals surface area contributed by atoms with Crippen molar-refractivity contribution in [1.29, 1.82) is 0 Å².